The van der Waals surface area contributed by atoms with Gasteiger partial charge in [-0.25, -0.2) is 4.79 Å². The Hall–Kier alpha value is -1.67. The zero-order valence-corrected chi connectivity index (χ0v) is 14.4. The van der Waals surface area contributed by atoms with E-state index in [0.29, 0.717) is 16.2 Å². The van der Waals surface area contributed by atoms with Gasteiger partial charge in [-0.05, 0) is 35.3 Å². The first-order chi connectivity index (χ1) is 10.7. The second kappa shape index (κ2) is 6.62. The predicted octanol–water partition coefficient (Wildman–Crippen LogP) is 3.02. The maximum atomic E-state index is 12.1. The molecular formula is C14H15BrN4O2S. The summed E-state index contributed by atoms with van der Waals surface area (Å²) in [6, 6.07) is 8.06. The molecule has 1 fully saturated rings. The highest BCUT2D eigenvalue weighted by atomic mass is 79.9. The number of carbonyl (C=O) groups is 1. The van der Waals surface area contributed by atoms with Crippen molar-refractivity contribution in [1.29, 1.82) is 0 Å². The van der Waals surface area contributed by atoms with Gasteiger partial charge in [0.25, 0.3) is 5.19 Å². The summed E-state index contributed by atoms with van der Waals surface area (Å²) < 4.78 is 6.07. The highest BCUT2D eigenvalue weighted by molar-refractivity contribution is 9.10. The lowest BCUT2D eigenvalue weighted by atomic mass is 9.92. The summed E-state index contributed by atoms with van der Waals surface area (Å²) in [5.41, 5.74) is 1.28. The molecule has 0 saturated carbocycles. The normalized spacial score (nSPS) is 14.5. The van der Waals surface area contributed by atoms with Crippen molar-refractivity contribution in [2.24, 2.45) is 5.92 Å². The Morgan fingerprint density at radius 1 is 1.45 bits per heavy atom. The third kappa shape index (κ3) is 3.38. The van der Waals surface area contributed by atoms with Crippen LogP contribution < -0.4 is 10.1 Å². The van der Waals surface area contributed by atoms with E-state index in [1.165, 1.54) is 24.0 Å². The van der Waals surface area contributed by atoms with Gasteiger partial charge < -0.3 is 9.64 Å². The molecule has 6 nitrogen and oxygen atoms in total. The van der Waals surface area contributed by atoms with Crippen LogP contribution in [-0.4, -0.2) is 41.3 Å². The summed E-state index contributed by atoms with van der Waals surface area (Å²) in [7, 11) is 1.52. The van der Waals surface area contributed by atoms with E-state index in [-0.39, 0.29) is 6.03 Å². The van der Waals surface area contributed by atoms with Gasteiger partial charge in [0.1, 0.15) is 0 Å². The fourth-order valence-electron chi connectivity index (χ4n) is 2.35. The molecule has 1 aromatic carbocycles. The van der Waals surface area contributed by atoms with Crippen LogP contribution in [0.1, 0.15) is 5.56 Å². The highest BCUT2D eigenvalue weighted by Crippen LogP contribution is 2.26. The molecule has 0 bridgehead atoms. The Morgan fingerprint density at radius 3 is 2.91 bits per heavy atom. The lowest BCUT2D eigenvalue weighted by molar-refractivity contribution is 0.131. The van der Waals surface area contributed by atoms with Crippen molar-refractivity contribution in [3.8, 4) is 5.19 Å². The molecule has 1 aliphatic rings. The number of nitrogens with one attached hydrogen (secondary N) is 1. The van der Waals surface area contributed by atoms with Gasteiger partial charge in [0.2, 0.25) is 5.13 Å². The maximum absolute atomic E-state index is 12.1. The summed E-state index contributed by atoms with van der Waals surface area (Å²) >= 11 is 4.77. The van der Waals surface area contributed by atoms with Crippen molar-refractivity contribution in [2.75, 3.05) is 25.5 Å². The van der Waals surface area contributed by atoms with E-state index in [4.69, 9.17) is 4.74 Å². The molecule has 1 N–H and O–H groups in total. The first kappa shape index (κ1) is 15.2. The molecule has 0 spiro atoms. The number of nitrogens with zero attached hydrogens (tertiary/aromatic N) is 3. The molecule has 2 aromatic rings. The second-order valence-corrected chi connectivity index (χ2v) is 6.87. The van der Waals surface area contributed by atoms with Crippen molar-refractivity contribution in [3.05, 3.63) is 34.3 Å². The number of halogens is 1. The van der Waals surface area contributed by atoms with Crippen molar-refractivity contribution >= 4 is 38.4 Å². The molecule has 8 heteroatoms. The predicted molar refractivity (Wildman–Crippen MR) is 88.4 cm³/mol. The van der Waals surface area contributed by atoms with E-state index in [1.54, 1.807) is 4.90 Å². The van der Waals surface area contributed by atoms with E-state index >= 15 is 0 Å². The minimum atomic E-state index is -0.137. The molecular weight excluding hydrogens is 368 g/mol. The number of likely N-dealkylation sites (tertiary alicyclic amines) is 1. The molecule has 1 aliphatic heterocycles. The number of hydrogen-bond donors (Lipinski definition) is 1. The van der Waals surface area contributed by atoms with Crippen molar-refractivity contribution in [3.63, 3.8) is 0 Å². The van der Waals surface area contributed by atoms with Gasteiger partial charge in [-0.15, -0.1) is 5.10 Å². The lowest BCUT2D eigenvalue weighted by Gasteiger charge is -2.39. The summed E-state index contributed by atoms with van der Waals surface area (Å²) in [6.07, 6.45) is 0.970. The zero-order chi connectivity index (χ0) is 15.5. The average Bonchev–Trinajstić information content (AvgIpc) is 2.91. The molecule has 22 heavy (non-hydrogen) atoms. The van der Waals surface area contributed by atoms with E-state index in [0.717, 1.165) is 24.0 Å². The molecule has 2 amide bonds. The number of urea groups is 1. The van der Waals surface area contributed by atoms with E-state index in [9.17, 15) is 4.79 Å². The van der Waals surface area contributed by atoms with E-state index in [1.807, 2.05) is 18.2 Å². The Labute approximate surface area is 140 Å². The molecule has 116 valence electrons. The van der Waals surface area contributed by atoms with Crippen LogP contribution in [0.5, 0.6) is 5.19 Å². The highest BCUT2D eigenvalue weighted by Gasteiger charge is 2.31. The van der Waals surface area contributed by atoms with Gasteiger partial charge in [-0.3, -0.25) is 5.32 Å². The topological polar surface area (TPSA) is 67.4 Å². The number of ether oxygens (including phenoxy) is 1. The number of amides is 2. The third-order valence-electron chi connectivity index (χ3n) is 3.51. The number of benzene rings is 1. The maximum Gasteiger partial charge on any atom is 0.323 e. The standard InChI is InChI=1S/C14H15BrN4O2S/c1-21-14-18-17-12(22-14)16-13(20)19-7-9(8-19)6-10-4-2-3-5-11(10)15/h2-5,9H,6-8H2,1H3,(H,16,17,20). The largest absolute Gasteiger partial charge is 0.472 e. The first-order valence-electron chi connectivity index (χ1n) is 6.82. The van der Waals surface area contributed by atoms with Gasteiger partial charge >= 0.3 is 6.03 Å². The zero-order valence-electron chi connectivity index (χ0n) is 12.0. The minimum Gasteiger partial charge on any atom is -0.472 e. The molecule has 1 aromatic heterocycles. The van der Waals surface area contributed by atoms with Crippen molar-refractivity contribution in [2.45, 2.75) is 6.42 Å². The van der Waals surface area contributed by atoms with Crippen molar-refractivity contribution < 1.29 is 9.53 Å². The van der Waals surface area contributed by atoms with Crippen LogP contribution in [0.4, 0.5) is 9.93 Å². The number of carbonyl (C=O) groups excluding carboxylic acids is 1. The average molecular weight is 383 g/mol. The number of anilines is 1. The van der Waals surface area contributed by atoms with Gasteiger partial charge in [0.05, 0.1) is 7.11 Å². The smallest absolute Gasteiger partial charge is 0.323 e. The second-order valence-electron chi connectivity index (χ2n) is 5.07. The number of hydrogen-bond acceptors (Lipinski definition) is 5. The number of aromatic nitrogens is 2. The SMILES string of the molecule is COc1nnc(NC(=O)N2CC(Cc3ccccc3Br)C2)s1. The molecule has 0 unspecified atom stereocenters. The van der Waals surface area contributed by atoms with Crippen LogP contribution in [0.3, 0.4) is 0 Å². The van der Waals surface area contributed by atoms with E-state index < -0.39 is 0 Å². The monoisotopic (exact) mass is 382 g/mol. The first-order valence-corrected chi connectivity index (χ1v) is 8.43. The Balaban J connectivity index is 1.48. The van der Waals surface area contributed by atoms with E-state index in [2.05, 4.69) is 37.5 Å². The Morgan fingerprint density at radius 2 is 2.23 bits per heavy atom. The molecule has 1 saturated heterocycles. The molecule has 2 heterocycles. The fraction of sp³-hybridized carbons (Fsp3) is 0.357. The summed E-state index contributed by atoms with van der Waals surface area (Å²) in [5, 5.41) is 11.3. The molecule has 0 radical (unpaired) electrons. The van der Waals surface area contributed by atoms with Crippen LogP contribution >= 0.6 is 27.3 Å². The number of rotatable bonds is 4. The molecule has 3 rings (SSSR count). The van der Waals surface area contributed by atoms with Crippen molar-refractivity contribution in [1.82, 2.24) is 15.1 Å². The summed E-state index contributed by atoms with van der Waals surface area (Å²) in [6.45, 7) is 1.51. The van der Waals surface area contributed by atoms with Crippen LogP contribution in [0.25, 0.3) is 0 Å². The lowest BCUT2D eigenvalue weighted by Crippen LogP contribution is -2.52. The quantitative estimate of drug-likeness (QED) is 0.882. The fourth-order valence-corrected chi connectivity index (χ4v) is 3.35. The van der Waals surface area contributed by atoms with Crippen LogP contribution in [0.15, 0.2) is 28.7 Å². The van der Waals surface area contributed by atoms with Gasteiger partial charge in [0.15, 0.2) is 0 Å². The van der Waals surface area contributed by atoms with Gasteiger partial charge in [-0.2, -0.15) is 0 Å². The Kier molecular flexibility index (Phi) is 4.58. The van der Waals surface area contributed by atoms with Gasteiger partial charge in [0, 0.05) is 17.6 Å². The van der Waals surface area contributed by atoms with Crippen LogP contribution in [0.2, 0.25) is 0 Å². The van der Waals surface area contributed by atoms with Gasteiger partial charge in [-0.1, -0.05) is 39.2 Å². The summed E-state index contributed by atoms with van der Waals surface area (Å²) in [4.78, 5) is 13.8. The molecule has 0 atom stereocenters. The van der Waals surface area contributed by atoms with Crippen LogP contribution in [-0.2, 0) is 6.42 Å². The van der Waals surface area contributed by atoms with Crippen LogP contribution in [0, 0.1) is 5.92 Å². The summed E-state index contributed by atoms with van der Waals surface area (Å²) in [5.74, 6) is 0.494. The number of methoxy groups -OCH3 is 1. The third-order valence-corrected chi connectivity index (χ3v) is 5.08. The Bertz CT molecular complexity index is 672. The minimum absolute atomic E-state index is 0.137. The molecule has 0 aliphatic carbocycles.